The van der Waals surface area contributed by atoms with Gasteiger partial charge in [-0.1, -0.05) is 13.8 Å². The Bertz CT molecular complexity index is 365. The quantitative estimate of drug-likeness (QED) is 0.782. The van der Waals surface area contributed by atoms with Crippen molar-refractivity contribution in [2.45, 2.75) is 27.2 Å². The first-order chi connectivity index (χ1) is 8.08. The van der Waals surface area contributed by atoms with Gasteiger partial charge in [-0.05, 0) is 18.9 Å². The van der Waals surface area contributed by atoms with Gasteiger partial charge < -0.3 is 10.6 Å². The van der Waals surface area contributed by atoms with Gasteiger partial charge in [0, 0.05) is 25.7 Å². The van der Waals surface area contributed by atoms with Crippen LogP contribution in [0, 0.1) is 12.8 Å². The second kappa shape index (κ2) is 6.83. The van der Waals surface area contributed by atoms with Crippen LogP contribution in [-0.4, -0.2) is 29.0 Å². The molecule has 0 saturated heterocycles. The molecule has 0 saturated carbocycles. The Morgan fingerprint density at radius 1 is 1.47 bits per heavy atom. The van der Waals surface area contributed by atoms with Crippen molar-refractivity contribution in [3.05, 3.63) is 18.1 Å². The highest BCUT2D eigenvalue weighted by Crippen LogP contribution is 2.00. The van der Waals surface area contributed by atoms with Crippen LogP contribution in [0.25, 0.3) is 0 Å². The van der Waals surface area contributed by atoms with E-state index in [2.05, 4.69) is 34.4 Å². The van der Waals surface area contributed by atoms with Crippen LogP contribution in [0.1, 0.15) is 26.1 Å². The van der Waals surface area contributed by atoms with Gasteiger partial charge in [-0.2, -0.15) is 0 Å². The summed E-state index contributed by atoms with van der Waals surface area (Å²) in [5, 5.41) is 5.96. The molecule has 0 aliphatic rings. The van der Waals surface area contributed by atoms with E-state index in [1.54, 1.807) is 12.3 Å². The Kier molecular flexibility index (Phi) is 5.39. The molecule has 0 aliphatic heterocycles. The second-order valence-electron chi connectivity index (χ2n) is 4.36. The summed E-state index contributed by atoms with van der Waals surface area (Å²) in [4.78, 5) is 19.6. The number of aromatic nitrogens is 2. The van der Waals surface area contributed by atoms with E-state index in [9.17, 15) is 4.79 Å². The van der Waals surface area contributed by atoms with Gasteiger partial charge in [0.2, 0.25) is 5.91 Å². The van der Waals surface area contributed by atoms with Crippen LogP contribution in [0.5, 0.6) is 0 Å². The summed E-state index contributed by atoms with van der Waals surface area (Å²) in [5.74, 6) is 2.03. The first-order valence-corrected chi connectivity index (χ1v) is 5.88. The number of nitrogens with one attached hydrogen (secondary N) is 2. The predicted molar refractivity (Wildman–Crippen MR) is 67.7 cm³/mol. The SMILES string of the molecule is Cc1nccc(NCCC(=O)NCC(C)C)n1. The van der Waals surface area contributed by atoms with Crippen LogP contribution in [0.15, 0.2) is 12.3 Å². The fraction of sp³-hybridized carbons (Fsp3) is 0.583. The molecule has 5 heteroatoms. The molecular weight excluding hydrogens is 216 g/mol. The fourth-order valence-electron chi connectivity index (χ4n) is 1.27. The first-order valence-electron chi connectivity index (χ1n) is 5.88. The molecule has 1 amide bonds. The molecule has 0 aromatic carbocycles. The third-order valence-electron chi connectivity index (χ3n) is 2.14. The molecule has 0 bridgehead atoms. The average molecular weight is 236 g/mol. The maximum atomic E-state index is 11.4. The highest BCUT2D eigenvalue weighted by Gasteiger charge is 2.02. The van der Waals surface area contributed by atoms with Crippen LogP contribution in [0.4, 0.5) is 5.82 Å². The molecule has 17 heavy (non-hydrogen) atoms. The standard InChI is InChI=1S/C12H20N4O/c1-9(2)8-15-12(17)5-7-14-11-4-6-13-10(3)16-11/h4,6,9H,5,7-8H2,1-3H3,(H,15,17)(H,13,14,16). The highest BCUT2D eigenvalue weighted by molar-refractivity contribution is 5.76. The molecule has 0 unspecified atom stereocenters. The number of hydrogen-bond acceptors (Lipinski definition) is 4. The lowest BCUT2D eigenvalue weighted by Crippen LogP contribution is -2.28. The molecule has 94 valence electrons. The number of amides is 1. The van der Waals surface area contributed by atoms with E-state index in [-0.39, 0.29) is 5.91 Å². The number of anilines is 1. The van der Waals surface area contributed by atoms with E-state index < -0.39 is 0 Å². The fourth-order valence-corrected chi connectivity index (χ4v) is 1.27. The number of carbonyl (C=O) groups is 1. The largest absolute Gasteiger partial charge is 0.369 e. The Morgan fingerprint density at radius 2 is 2.24 bits per heavy atom. The van der Waals surface area contributed by atoms with Gasteiger partial charge in [0.25, 0.3) is 0 Å². The van der Waals surface area contributed by atoms with Crippen molar-refractivity contribution >= 4 is 11.7 Å². The van der Waals surface area contributed by atoms with E-state index in [4.69, 9.17) is 0 Å². The Balaban J connectivity index is 2.21. The maximum Gasteiger partial charge on any atom is 0.221 e. The molecule has 0 radical (unpaired) electrons. The molecule has 1 rings (SSSR count). The minimum absolute atomic E-state index is 0.0666. The van der Waals surface area contributed by atoms with E-state index in [0.717, 1.165) is 18.2 Å². The summed E-state index contributed by atoms with van der Waals surface area (Å²) in [5.41, 5.74) is 0. The summed E-state index contributed by atoms with van der Waals surface area (Å²) in [7, 11) is 0. The van der Waals surface area contributed by atoms with Gasteiger partial charge in [-0.15, -0.1) is 0 Å². The minimum atomic E-state index is 0.0666. The second-order valence-corrected chi connectivity index (χ2v) is 4.36. The summed E-state index contributed by atoms with van der Waals surface area (Å²) >= 11 is 0. The summed E-state index contributed by atoms with van der Waals surface area (Å²) < 4.78 is 0. The van der Waals surface area contributed by atoms with Gasteiger partial charge >= 0.3 is 0 Å². The molecule has 2 N–H and O–H groups in total. The lowest BCUT2D eigenvalue weighted by atomic mass is 10.2. The van der Waals surface area contributed by atoms with Crippen LogP contribution in [0.3, 0.4) is 0 Å². The molecule has 0 atom stereocenters. The van der Waals surface area contributed by atoms with Crippen molar-refractivity contribution in [1.29, 1.82) is 0 Å². The molecule has 1 aromatic heterocycles. The number of hydrogen-bond donors (Lipinski definition) is 2. The third kappa shape index (κ3) is 5.85. The van der Waals surface area contributed by atoms with Gasteiger partial charge in [0.15, 0.2) is 0 Å². The van der Waals surface area contributed by atoms with Gasteiger partial charge in [-0.25, -0.2) is 9.97 Å². The van der Waals surface area contributed by atoms with Crippen LogP contribution in [0.2, 0.25) is 0 Å². The monoisotopic (exact) mass is 236 g/mol. The Hall–Kier alpha value is -1.65. The Morgan fingerprint density at radius 3 is 2.88 bits per heavy atom. The molecule has 0 aliphatic carbocycles. The molecular formula is C12H20N4O. The third-order valence-corrected chi connectivity index (χ3v) is 2.14. The number of rotatable bonds is 6. The van der Waals surface area contributed by atoms with Crippen molar-refractivity contribution in [1.82, 2.24) is 15.3 Å². The summed E-state index contributed by atoms with van der Waals surface area (Å²) in [6.45, 7) is 7.29. The zero-order valence-electron chi connectivity index (χ0n) is 10.7. The minimum Gasteiger partial charge on any atom is -0.369 e. The highest BCUT2D eigenvalue weighted by atomic mass is 16.1. The van der Waals surface area contributed by atoms with E-state index >= 15 is 0 Å². The molecule has 0 fully saturated rings. The topological polar surface area (TPSA) is 66.9 Å². The average Bonchev–Trinajstić information content (AvgIpc) is 2.26. The molecule has 1 aromatic rings. The van der Waals surface area contributed by atoms with Crippen LogP contribution >= 0.6 is 0 Å². The van der Waals surface area contributed by atoms with Crippen molar-refractivity contribution in [3.63, 3.8) is 0 Å². The molecule has 1 heterocycles. The zero-order chi connectivity index (χ0) is 12.7. The van der Waals surface area contributed by atoms with E-state index in [1.807, 2.05) is 6.92 Å². The van der Waals surface area contributed by atoms with Gasteiger partial charge in [0.05, 0.1) is 0 Å². The first kappa shape index (κ1) is 13.4. The van der Waals surface area contributed by atoms with Crippen molar-refractivity contribution in [2.75, 3.05) is 18.4 Å². The predicted octanol–water partition coefficient (Wildman–Crippen LogP) is 1.36. The van der Waals surface area contributed by atoms with E-state index in [1.165, 1.54) is 0 Å². The molecule has 0 spiro atoms. The maximum absolute atomic E-state index is 11.4. The van der Waals surface area contributed by atoms with Gasteiger partial charge in [0.1, 0.15) is 11.6 Å². The van der Waals surface area contributed by atoms with Crippen LogP contribution in [-0.2, 0) is 4.79 Å². The zero-order valence-corrected chi connectivity index (χ0v) is 10.7. The summed E-state index contributed by atoms with van der Waals surface area (Å²) in [6, 6.07) is 1.79. The smallest absolute Gasteiger partial charge is 0.221 e. The van der Waals surface area contributed by atoms with Gasteiger partial charge in [-0.3, -0.25) is 4.79 Å². The van der Waals surface area contributed by atoms with Crippen LogP contribution < -0.4 is 10.6 Å². The lowest BCUT2D eigenvalue weighted by molar-refractivity contribution is -0.120. The lowest BCUT2D eigenvalue weighted by Gasteiger charge is -2.08. The van der Waals surface area contributed by atoms with Crippen molar-refractivity contribution in [2.24, 2.45) is 5.92 Å². The summed E-state index contributed by atoms with van der Waals surface area (Å²) in [6.07, 6.45) is 2.15. The molecule has 5 nitrogen and oxygen atoms in total. The van der Waals surface area contributed by atoms with Crippen molar-refractivity contribution in [3.8, 4) is 0 Å². The number of nitrogens with zero attached hydrogens (tertiary/aromatic N) is 2. The Labute approximate surface area is 102 Å². The normalized spacial score (nSPS) is 10.4. The number of aryl methyl sites for hydroxylation is 1. The van der Waals surface area contributed by atoms with Crippen molar-refractivity contribution < 1.29 is 4.79 Å². The number of carbonyl (C=O) groups excluding carboxylic acids is 1. The van der Waals surface area contributed by atoms with E-state index in [0.29, 0.717) is 18.9 Å².